The van der Waals surface area contributed by atoms with Crippen molar-refractivity contribution < 1.29 is 14.3 Å². The fraction of sp³-hybridized carbons (Fsp3) is 0.125. The molecule has 0 aliphatic carbocycles. The van der Waals surface area contributed by atoms with Gasteiger partial charge in [-0.25, -0.2) is 0 Å². The van der Waals surface area contributed by atoms with Gasteiger partial charge < -0.3 is 14.8 Å². The molecule has 11 heteroatoms. The number of carbonyl (C=O) groups is 1. The number of benzene rings is 4. The lowest BCUT2D eigenvalue weighted by Crippen LogP contribution is -2.25. The number of hydrogen-bond acceptors (Lipinski definition) is 6. The number of carbonyl (C=O) groups excluding carboxylic acids is 1. The summed E-state index contributed by atoms with van der Waals surface area (Å²) in [6, 6.07) is 29.4. The lowest BCUT2D eigenvalue weighted by molar-refractivity contribution is 0.0954. The molecule has 1 aromatic heterocycles. The van der Waals surface area contributed by atoms with Crippen molar-refractivity contribution in [2.24, 2.45) is 10.2 Å². The summed E-state index contributed by atoms with van der Waals surface area (Å²) in [4.78, 5) is 21.9. The molecule has 214 valence electrons. The zero-order valence-corrected chi connectivity index (χ0v) is 23.6. The second kappa shape index (κ2) is 15.1. The number of hydrogen-bond donors (Lipinski definition) is 1. The predicted octanol–water partition coefficient (Wildman–Crippen LogP) is 8.46. The fourth-order valence-electron chi connectivity index (χ4n) is 4.19. The maximum atomic E-state index is 12.0. The van der Waals surface area contributed by atoms with E-state index < -0.39 is 0 Å². The van der Waals surface area contributed by atoms with Crippen LogP contribution in [0.1, 0.15) is 15.9 Å². The Hall–Kier alpha value is -6.02. The molecule has 0 radical (unpaired) electrons. The third-order valence-electron chi connectivity index (χ3n) is 6.42. The summed E-state index contributed by atoms with van der Waals surface area (Å²) in [5.41, 5.74) is 21.3. The van der Waals surface area contributed by atoms with Crippen LogP contribution in [0.3, 0.4) is 0 Å². The fourth-order valence-corrected chi connectivity index (χ4v) is 4.19. The number of nitrogens with one attached hydrogen (secondary N) is 1. The second-order valence-electron chi connectivity index (χ2n) is 9.07. The number of ether oxygens (including phenoxy) is 2. The van der Waals surface area contributed by atoms with Crippen molar-refractivity contribution >= 4 is 28.1 Å². The van der Waals surface area contributed by atoms with Gasteiger partial charge >= 0.3 is 0 Å². The van der Waals surface area contributed by atoms with Gasteiger partial charge in [-0.05, 0) is 70.9 Å². The van der Waals surface area contributed by atoms with E-state index in [1.807, 2.05) is 60.7 Å². The van der Waals surface area contributed by atoms with Crippen LogP contribution in [0.15, 0.2) is 113 Å². The molecule has 0 aliphatic heterocycles. The first kappa shape index (κ1) is 30.0. The highest BCUT2D eigenvalue weighted by atomic mass is 16.5. The number of aromatic nitrogens is 1. The van der Waals surface area contributed by atoms with Crippen molar-refractivity contribution in [1.82, 2.24) is 10.3 Å². The first-order valence-corrected chi connectivity index (χ1v) is 13.2. The molecular weight excluding hydrogens is 544 g/mol. The van der Waals surface area contributed by atoms with Gasteiger partial charge in [-0.3, -0.25) is 9.78 Å². The Morgan fingerprint density at radius 3 is 2.00 bits per heavy atom. The summed E-state index contributed by atoms with van der Waals surface area (Å²) in [5.74, 6) is 1.45. The molecule has 1 amide bonds. The Kier molecular flexibility index (Phi) is 10.5. The van der Waals surface area contributed by atoms with E-state index in [0.717, 1.165) is 45.5 Å². The van der Waals surface area contributed by atoms with Crippen LogP contribution >= 0.6 is 0 Å². The van der Waals surface area contributed by atoms with E-state index in [9.17, 15) is 4.79 Å². The van der Waals surface area contributed by atoms with E-state index in [4.69, 9.17) is 20.5 Å². The molecule has 0 aliphatic rings. The number of rotatable bonds is 9. The van der Waals surface area contributed by atoms with E-state index in [-0.39, 0.29) is 5.91 Å². The second-order valence-corrected chi connectivity index (χ2v) is 9.07. The normalized spacial score (nSPS) is 9.91. The van der Waals surface area contributed by atoms with Gasteiger partial charge in [-0.1, -0.05) is 64.8 Å². The van der Waals surface area contributed by atoms with Crippen LogP contribution < -0.4 is 14.8 Å². The number of amides is 1. The molecule has 11 nitrogen and oxygen atoms in total. The van der Waals surface area contributed by atoms with Gasteiger partial charge in [0.05, 0.1) is 19.9 Å². The lowest BCUT2D eigenvalue weighted by atomic mass is 10.0. The van der Waals surface area contributed by atoms with E-state index in [2.05, 4.69) is 30.4 Å². The smallest absolute Gasteiger partial charge is 0.251 e. The minimum absolute atomic E-state index is 0.152. The minimum atomic E-state index is -0.152. The van der Waals surface area contributed by atoms with Gasteiger partial charge in [-0.15, -0.1) is 0 Å². The number of pyridine rings is 1. The number of fused-ring (bicyclic) bond motifs is 1. The number of azide groups is 2. The maximum absolute atomic E-state index is 12.0. The molecule has 5 aromatic rings. The molecule has 0 saturated heterocycles. The predicted molar refractivity (Wildman–Crippen MR) is 167 cm³/mol. The molecule has 1 heterocycles. The minimum Gasteiger partial charge on any atom is -0.497 e. The highest BCUT2D eigenvalue weighted by molar-refractivity contribution is 5.95. The SMILES string of the molecule is COc1ccc(CCNC(=O)c2ccc(N=[N+]=[N-])cc2)cc1.COc1ccc2ccnc(-c3ccc(N=[N+]=[N-])cc3)c2c1. The molecule has 0 fully saturated rings. The molecule has 0 spiro atoms. The van der Waals surface area contributed by atoms with Crippen molar-refractivity contribution in [3.05, 3.63) is 135 Å². The Bertz CT molecular complexity index is 1780. The standard InChI is InChI=1S/C16H16N4O2.C16H12N4O/c1-22-15-8-2-12(3-9-15)10-11-18-16(21)13-4-6-14(7-5-13)19-20-17;1-21-14-7-4-11-8-9-18-16(15(11)10-14)12-2-5-13(6-3-12)19-20-17/h2-9H,10-11H2,1H3,(H,18,21);2-10H,1H3. The van der Waals surface area contributed by atoms with Crippen LogP contribution in [0, 0.1) is 0 Å². The van der Waals surface area contributed by atoms with E-state index in [1.54, 1.807) is 56.8 Å². The Morgan fingerprint density at radius 1 is 0.791 bits per heavy atom. The Labute approximate surface area is 248 Å². The van der Waals surface area contributed by atoms with Crippen molar-refractivity contribution in [3.8, 4) is 22.8 Å². The van der Waals surface area contributed by atoms with Gasteiger partial charge in [0.25, 0.3) is 5.91 Å². The third kappa shape index (κ3) is 8.25. The molecule has 43 heavy (non-hydrogen) atoms. The maximum Gasteiger partial charge on any atom is 0.251 e. The molecule has 0 saturated carbocycles. The average Bonchev–Trinajstić information content (AvgIpc) is 3.06. The van der Waals surface area contributed by atoms with Crippen LogP contribution in [-0.2, 0) is 6.42 Å². The highest BCUT2D eigenvalue weighted by Gasteiger charge is 2.07. The molecule has 0 unspecified atom stereocenters. The summed E-state index contributed by atoms with van der Waals surface area (Å²) in [6.45, 7) is 0.545. The third-order valence-corrected chi connectivity index (χ3v) is 6.42. The number of methoxy groups -OCH3 is 2. The van der Waals surface area contributed by atoms with Crippen LogP contribution in [0.5, 0.6) is 11.5 Å². The summed E-state index contributed by atoms with van der Waals surface area (Å²) >= 11 is 0. The van der Waals surface area contributed by atoms with Gasteiger partial charge in [0.1, 0.15) is 11.5 Å². The summed E-state index contributed by atoms with van der Waals surface area (Å²) < 4.78 is 10.4. The molecule has 4 aromatic carbocycles. The van der Waals surface area contributed by atoms with Crippen molar-refractivity contribution in [2.75, 3.05) is 20.8 Å². The average molecular weight is 573 g/mol. The van der Waals surface area contributed by atoms with E-state index in [1.165, 1.54) is 0 Å². The summed E-state index contributed by atoms with van der Waals surface area (Å²) in [5, 5.41) is 12.0. The van der Waals surface area contributed by atoms with Crippen molar-refractivity contribution in [2.45, 2.75) is 6.42 Å². The van der Waals surface area contributed by atoms with Crippen LogP contribution in [-0.4, -0.2) is 31.7 Å². The van der Waals surface area contributed by atoms with E-state index in [0.29, 0.717) is 23.5 Å². The van der Waals surface area contributed by atoms with E-state index >= 15 is 0 Å². The highest BCUT2D eigenvalue weighted by Crippen LogP contribution is 2.30. The summed E-state index contributed by atoms with van der Waals surface area (Å²) in [6.07, 6.45) is 2.53. The number of nitrogens with zero attached hydrogens (tertiary/aromatic N) is 7. The zero-order chi connectivity index (χ0) is 30.4. The first-order chi connectivity index (χ1) is 21.0. The lowest BCUT2D eigenvalue weighted by Gasteiger charge is -2.08. The van der Waals surface area contributed by atoms with Gasteiger partial charge in [0, 0.05) is 50.5 Å². The molecule has 0 atom stereocenters. The van der Waals surface area contributed by atoms with Crippen molar-refractivity contribution in [1.29, 1.82) is 0 Å². The monoisotopic (exact) mass is 572 g/mol. The van der Waals surface area contributed by atoms with Gasteiger partial charge in [-0.2, -0.15) is 0 Å². The Balaban J connectivity index is 0.000000197. The first-order valence-electron chi connectivity index (χ1n) is 13.2. The largest absolute Gasteiger partial charge is 0.497 e. The van der Waals surface area contributed by atoms with Crippen LogP contribution in [0.25, 0.3) is 42.9 Å². The van der Waals surface area contributed by atoms with Crippen LogP contribution in [0.2, 0.25) is 0 Å². The summed E-state index contributed by atoms with van der Waals surface area (Å²) in [7, 11) is 3.27. The molecule has 1 N–H and O–H groups in total. The van der Waals surface area contributed by atoms with Gasteiger partial charge in [0.15, 0.2) is 0 Å². The molecule has 5 rings (SSSR count). The molecule has 0 bridgehead atoms. The zero-order valence-electron chi connectivity index (χ0n) is 23.6. The molecular formula is C32H28N8O3. The van der Waals surface area contributed by atoms with Crippen molar-refractivity contribution in [3.63, 3.8) is 0 Å². The quantitative estimate of drug-likeness (QED) is 0.107. The van der Waals surface area contributed by atoms with Gasteiger partial charge in [0.2, 0.25) is 0 Å². The Morgan fingerprint density at radius 2 is 1.40 bits per heavy atom. The topological polar surface area (TPSA) is 158 Å². The van der Waals surface area contributed by atoms with Crippen LogP contribution in [0.4, 0.5) is 11.4 Å².